The van der Waals surface area contributed by atoms with Crippen molar-refractivity contribution < 1.29 is 12.8 Å². The van der Waals surface area contributed by atoms with Crippen LogP contribution in [-0.4, -0.2) is 64.5 Å². The molecule has 4 heterocycles. The quantitative estimate of drug-likeness (QED) is 0.455. The smallest absolute Gasteiger partial charge is 0.220 e. The average molecular weight is 439 g/mol. The number of rotatable bonds is 6. The van der Waals surface area contributed by atoms with Gasteiger partial charge in [-0.1, -0.05) is 30.3 Å². The molecule has 3 aromatic heterocycles. The summed E-state index contributed by atoms with van der Waals surface area (Å²) in [5.41, 5.74) is 1.65. The third-order valence-corrected chi connectivity index (χ3v) is 7.31. The molecule has 0 spiro atoms. The SMILES string of the molecule is O=S(=O)(CCc1ccccc1)N1CCN(c2ccc3nnc(-c4ccco4)n3n2)CC1. The summed E-state index contributed by atoms with van der Waals surface area (Å²) in [7, 11) is -3.30. The van der Waals surface area contributed by atoms with Crippen LogP contribution in [0.15, 0.2) is 65.3 Å². The third kappa shape index (κ3) is 4.04. The maximum absolute atomic E-state index is 12.8. The summed E-state index contributed by atoms with van der Waals surface area (Å²) >= 11 is 0. The van der Waals surface area contributed by atoms with Crippen molar-refractivity contribution in [3.8, 4) is 11.6 Å². The third-order valence-electron chi connectivity index (χ3n) is 5.44. The number of sulfonamides is 1. The van der Waals surface area contributed by atoms with Crippen LogP contribution in [0.1, 0.15) is 5.56 Å². The molecule has 10 heteroatoms. The van der Waals surface area contributed by atoms with Crippen LogP contribution in [-0.2, 0) is 16.4 Å². The Kier molecular flexibility index (Phi) is 5.16. The van der Waals surface area contributed by atoms with Gasteiger partial charge in [0.05, 0.1) is 12.0 Å². The van der Waals surface area contributed by atoms with E-state index in [1.165, 1.54) is 0 Å². The molecule has 1 aromatic carbocycles. The van der Waals surface area contributed by atoms with Crippen molar-refractivity contribution in [1.82, 2.24) is 24.1 Å². The number of nitrogens with zero attached hydrogens (tertiary/aromatic N) is 6. The predicted octanol–water partition coefficient (Wildman–Crippen LogP) is 2.08. The Morgan fingerprint density at radius 1 is 0.903 bits per heavy atom. The second-order valence-electron chi connectivity index (χ2n) is 7.40. The monoisotopic (exact) mass is 438 g/mol. The molecule has 5 rings (SSSR count). The maximum atomic E-state index is 12.8. The molecule has 0 unspecified atom stereocenters. The minimum absolute atomic E-state index is 0.119. The van der Waals surface area contributed by atoms with E-state index < -0.39 is 10.0 Å². The molecule has 0 bridgehead atoms. The van der Waals surface area contributed by atoms with E-state index in [2.05, 4.69) is 20.2 Å². The molecule has 4 aromatic rings. The zero-order chi connectivity index (χ0) is 21.3. The molecule has 31 heavy (non-hydrogen) atoms. The lowest BCUT2D eigenvalue weighted by atomic mass is 10.2. The summed E-state index contributed by atoms with van der Waals surface area (Å²) in [4.78, 5) is 2.08. The molecule has 0 radical (unpaired) electrons. The molecular weight excluding hydrogens is 416 g/mol. The van der Waals surface area contributed by atoms with E-state index in [4.69, 9.17) is 4.42 Å². The predicted molar refractivity (Wildman–Crippen MR) is 116 cm³/mol. The van der Waals surface area contributed by atoms with Gasteiger partial charge in [-0.2, -0.15) is 8.82 Å². The van der Waals surface area contributed by atoms with Gasteiger partial charge in [0, 0.05) is 26.2 Å². The first-order valence-corrected chi connectivity index (χ1v) is 11.7. The fourth-order valence-corrected chi connectivity index (χ4v) is 5.19. The highest BCUT2D eigenvalue weighted by Crippen LogP contribution is 2.21. The van der Waals surface area contributed by atoms with Gasteiger partial charge >= 0.3 is 0 Å². The molecule has 9 nitrogen and oxygen atoms in total. The first-order valence-electron chi connectivity index (χ1n) is 10.1. The Hall–Kier alpha value is -3.24. The van der Waals surface area contributed by atoms with E-state index in [-0.39, 0.29) is 5.75 Å². The molecule has 0 N–H and O–H groups in total. The zero-order valence-electron chi connectivity index (χ0n) is 16.8. The van der Waals surface area contributed by atoms with Crippen molar-refractivity contribution in [3.63, 3.8) is 0 Å². The molecule has 0 atom stereocenters. The molecule has 1 saturated heterocycles. The van der Waals surface area contributed by atoms with Gasteiger partial charge < -0.3 is 9.32 Å². The van der Waals surface area contributed by atoms with E-state index in [0.717, 1.165) is 11.4 Å². The minimum Gasteiger partial charge on any atom is -0.461 e. The van der Waals surface area contributed by atoms with Crippen molar-refractivity contribution >= 4 is 21.5 Å². The number of aromatic nitrogens is 4. The lowest BCUT2D eigenvalue weighted by molar-refractivity contribution is 0.383. The van der Waals surface area contributed by atoms with Gasteiger partial charge in [-0.15, -0.1) is 15.3 Å². The largest absolute Gasteiger partial charge is 0.461 e. The highest BCUT2D eigenvalue weighted by molar-refractivity contribution is 7.89. The fraction of sp³-hybridized carbons (Fsp3) is 0.286. The summed E-state index contributed by atoms with van der Waals surface area (Å²) in [6.45, 7) is 2.01. The van der Waals surface area contributed by atoms with Crippen molar-refractivity contribution in [2.24, 2.45) is 0 Å². The molecule has 0 aliphatic carbocycles. The van der Waals surface area contributed by atoms with Gasteiger partial charge in [0.2, 0.25) is 15.8 Å². The molecule has 1 fully saturated rings. The van der Waals surface area contributed by atoms with Crippen molar-refractivity contribution in [2.75, 3.05) is 36.8 Å². The summed E-state index contributed by atoms with van der Waals surface area (Å²) in [6.07, 6.45) is 2.10. The van der Waals surface area contributed by atoms with Gasteiger partial charge in [0.25, 0.3) is 0 Å². The van der Waals surface area contributed by atoms with Crippen molar-refractivity contribution in [3.05, 3.63) is 66.4 Å². The second-order valence-corrected chi connectivity index (χ2v) is 9.49. The van der Waals surface area contributed by atoms with Gasteiger partial charge in [-0.3, -0.25) is 0 Å². The number of benzene rings is 1. The number of furan rings is 1. The van der Waals surface area contributed by atoms with E-state index >= 15 is 0 Å². The summed E-state index contributed by atoms with van der Waals surface area (Å²) in [6, 6.07) is 17.0. The van der Waals surface area contributed by atoms with Crippen LogP contribution in [0.4, 0.5) is 5.82 Å². The van der Waals surface area contributed by atoms with Crippen LogP contribution >= 0.6 is 0 Å². The Morgan fingerprint density at radius 3 is 2.45 bits per heavy atom. The molecule has 0 saturated carbocycles. The molecule has 160 valence electrons. The molecule has 1 aliphatic rings. The fourth-order valence-electron chi connectivity index (χ4n) is 3.72. The standard InChI is InChI=1S/C21H22N6O3S/c28-31(29,16-10-17-5-2-1-3-6-17)26-13-11-25(12-14-26)20-9-8-19-22-23-21(27(19)24-20)18-7-4-15-30-18/h1-9,15H,10-14,16H2. The van der Waals surface area contributed by atoms with Gasteiger partial charge in [0.1, 0.15) is 5.82 Å². The molecule has 0 amide bonds. The normalized spacial score (nSPS) is 15.5. The van der Waals surface area contributed by atoms with Crippen LogP contribution in [0.5, 0.6) is 0 Å². The van der Waals surface area contributed by atoms with Crippen LogP contribution in [0.25, 0.3) is 17.2 Å². The molecule has 1 aliphatic heterocycles. The second kappa shape index (κ2) is 8.12. The van der Waals surface area contributed by atoms with Crippen LogP contribution in [0.2, 0.25) is 0 Å². The first kappa shape index (κ1) is 19.7. The lowest BCUT2D eigenvalue weighted by Gasteiger charge is -2.34. The Labute approximate surface area is 180 Å². The highest BCUT2D eigenvalue weighted by Gasteiger charge is 2.27. The van der Waals surface area contributed by atoms with E-state index in [1.54, 1.807) is 21.2 Å². The van der Waals surface area contributed by atoms with Gasteiger partial charge in [0.15, 0.2) is 11.4 Å². The van der Waals surface area contributed by atoms with E-state index in [9.17, 15) is 8.42 Å². The Morgan fingerprint density at radius 2 is 1.71 bits per heavy atom. The van der Waals surface area contributed by atoms with Crippen molar-refractivity contribution in [1.29, 1.82) is 0 Å². The zero-order valence-corrected chi connectivity index (χ0v) is 17.6. The topological polar surface area (TPSA) is 96.8 Å². The van der Waals surface area contributed by atoms with Crippen LogP contribution in [0.3, 0.4) is 0 Å². The number of hydrogen-bond acceptors (Lipinski definition) is 7. The van der Waals surface area contributed by atoms with Crippen molar-refractivity contribution in [2.45, 2.75) is 6.42 Å². The minimum atomic E-state index is -3.30. The number of anilines is 1. The lowest BCUT2D eigenvalue weighted by Crippen LogP contribution is -2.49. The van der Waals surface area contributed by atoms with E-state index in [0.29, 0.717) is 49.8 Å². The maximum Gasteiger partial charge on any atom is 0.220 e. The number of aryl methyl sites for hydroxylation is 1. The Balaban J connectivity index is 1.27. The first-order chi connectivity index (χ1) is 15.1. The summed E-state index contributed by atoms with van der Waals surface area (Å²) in [5.74, 6) is 1.99. The Bertz CT molecular complexity index is 1260. The van der Waals surface area contributed by atoms with E-state index in [1.807, 2.05) is 48.5 Å². The summed E-state index contributed by atoms with van der Waals surface area (Å²) < 4.78 is 34.2. The average Bonchev–Trinajstić information content (AvgIpc) is 3.48. The van der Waals surface area contributed by atoms with Crippen LogP contribution < -0.4 is 4.90 Å². The van der Waals surface area contributed by atoms with Gasteiger partial charge in [-0.05, 0) is 36.2 Å². The van der Waals surface area contributed by atoms with Gasteiger partial charge in [-0.25, -0.2) is 8.42 Å². The number of hydrogen-bond donors (Lipinski definition) is 0. The van der Waals surface area contributed by atoms with Crippen LogP contribution in [0, 0.1) is 0 Å². The molecular formula is C21H22N6O3S. The number of fused-ring (bicyclic) bond motifs is 1. The number of piperazine rings is 1. The summed E-state index contributed by atoms with van der Waals surface area (Å²) in [5, 5.41) is 13.0. The highest BCUT2D eigenvalue weighted by atomic mass is 32.2.